The molecule has 26 heavy (non-hydrogen) atoms. The molecule has 2 fully saturated rings. The number of hydrogen-bond donors (Lipinski definition) is 1. The molecule has 1 aliphatic carbocycles. The standard InChI is InChI=1S/C20H24N2O3S/c1-25-16-8-6-13(7-9-16)19-21-15(12-26-19)11-22-17-5-3-2-4-14(17)10-18(22)20(23)24/h6-9,12,14,17-18H,2-5,10-11H2,1H3,(H,23,24). The molecule has 3 unspecified atom stereocenters. The van der Waals surface area contributed by atoms with E-state index >= 15 is 0 Å². The molecule has 5 nitrogen and oxygen atoms in total. The molecule has 0 radical (unpaired) electrons. The number of methoxy groups -OCH3 is 1. The Bertz CT molecular complexity index is 774. The van der Waals surface area contributed by atoms with Crippen LogP contribution in [-0.2, 0) is 11.3 Å². The number of carboxylic acid groups (broad SMARTS) is 1. The number of carbonyl (C=O) groups is 1. The summed E-state index contributed by atoms with van der Waals surface area (Å²) in [5.74, 6) is 0.671. The molecule has 4 rings (SSSR count). The highest BCUT2D eigenvalue weighted by atomic mass is 32.1. The molecule has 1 aromatic heterocycles. The van der Waals surface area contributed by atoms with Crippen molar-refractivity contribution in [3.05, 3.63) is 35.3 Å². The molecule has 1 N–H and O–H groups in total. The van der Waals surface area contributed by atoms with Crippen LogP contribution in [0.5, 0.6) is 5.75 Å². The topological polar surface area (TPSA) is 62.7 Å². The summed E-state index contributed by atoms with van der Waals surface area (Å²) >= 11 is 1.61. The fourth-order valence-electron chi connectivity index (χ4n) is 4.46. The van der Waals surface area contributed by atoms with Crippen molar-refractivity contribution in [3.63, 3.8) is 0 Å². The first-order valence-corrected chi connectivity index (χ1v) is 10.1. The van der Waals surface area contributed by atoms with Gasteiger partial charge in [0.05, 0.1) is 12.8 Å². The Labute approximate surface area is 157 Å². The average molecular weight is 372 g/mol. The van der Waals surface area contributed by atoms with Crippen molar-refractivity contribution >= 4 is 17.3 Å². The first-order chi connectivity index (χ1) is 12.7. The van der Waals surface area contributed by atoms with Gasteiger partial charge in [0.25, 0.3) is 0 Å². The Balaban J connectivity index is 1.52. The van der Waals surface area contributed by atoms with Gasteiger partial charge in [-0.3, -0.25) is 9.69 Å². The second-order valence-electron chi connectivity index (χ2n) is 7.25. The van der Waals surface area contributed by atoms with E-state index in [1.165, 1.54) is 19.3 Å². The largest absolute Gasteiger partial charge is 0.497 e. The zero-order valence-corrected chi connectivity index (χ0v) is 15.7. The predicted octanol–water partition coefficient (Wildman–Crippen LogP) is 4.04. The SMILES string of the molecule is COc1ccc(-c2nc(CN3C(C(=O)O)CC4CCCCC43)cs2)cc1. The number of thiazole rings is 1. The van der Waals surface area contributed by atoms with Crippen molar-refractivity contribution in [1.82, 2.24) is 9.88 Å². The number of fused-ring (bicyclic) bond motifs is 1. The maximum absolute atomic E-state index is 11.8. The van der Waals surface area contributed by atoms with E-state index in [0.717, 1.165) is 34.9 Å². The molecule has 2 heterocycles. The maximum atomic E-state index is 11.8. The third-order valence-corrected chi connectivity index (χ3v) is 6.68. The van der Waals surface area contributed by atoms with Crippen LogP contribution < -0.4 is 4.74 Å². The summed E-state index contributed by atoms with van der Waals surface area (Å²) in [4.78, 5) is 18.7. The first-order valence-electron chi connectivity index (χ1n) is 9.23. The van der Waals surface area contributed by atoms with Crippen molar-refractivity contribution in [2.45, 2.75) is 50.7 Å². The fourth-order valence-corrected chi connectivity index (χ4v) is 5.27. The van der Waals surface area contributed by atoms with E-state index in [4.69, 9.17) is 9.72 Å². The van der Waals surface area contributed by atoms with E-state index in [1.54, 1.807) is 18.4 Å². The number of nitrogens with zero attached hydrogens (tertiary/aromatic N) is 2. The van der Waals surface area contributed by atoms with Crippen LogP contribution in [0.3, 0.4) is 0 Å². The lowest BCUT2D eigenvalue weighted by Gasteiger charge is -2.32. The van der Waals surface area contributed by atoms with Crippen LogP contribution in [0.4, 0.5) is 0 Å². The number of aliphatic carboxylic acids is 1. The summed E-state index contributed by atoms with van der Waals surface area (Å²) in [5.41, 5.74) is 2.03. The summed E-state index contributed by atoms with van der Waals surface area (Å²) in [6.45, 7) is 0.630. The Morgan fingerprint density at radius 2 is 2.08 bits per heavy atom. The van der Waals surface area contributed by atoms with E-state index in [0.29, 0.717) is 18.5 Å². The Kier molecular flexibility index (Phi) is 4.96. The van der Waals surface area contributed by atoms with Crippen LogP contribution >= 0.6 is 11.3 Å². The van der Waals surface area contributed by atoms with E-state index in [-0.39, 0.29) is 6.04 Å². The summed E-state index contributed by atoms with van der Waals surface area (Å²) in [6, 6.07) is 7.92. The minimum Gasteiger partial charge on any atom is -0.497 e. The lowest BCUT2D eigenvalue weighted by atomic mass is 9.85. The Hall–Kier alpha value is -1.92. The minimum atomic E-state index is -0.690. The summed E-state index contributed by atoms with van der Waals surface area (Å²) in [6.07, 6.45) is 5.51. The van der Waals surface area contributed by atoms with Crippen LogP contribution in [0.1, 0.15) is 37.8 Å². The van der Waals surface area contributed by atoms with Gasteiger partial charge < -0.3 is 9.84 Å². The molecule has 138 valence electrons. The van der Waals surface area contributed by atoms with Gasteiger partial charge in [-0.25, -0.2) is 4.98 Å². The van der Waals surface area contributed by atoms with Crippen molar-refractivity contribution in [3.8, 4) is 16.3 Å². The molecular formula is C20H24N2O3S. The van der Waals surface area contributed by atoms with Crippen molar-refractivity contribution in [2.24, 2.45) is 5.92 Å². The number of ether oxygens (including phenoxy) is 1. The predicted molar refractivity (Wildman–Crippen MR) is 101 cm³/mol. The number of rotatable bonds is 5. The van der Waals surface area contributed by atoms with Gasteiger partial charge >= 0.3 is 5.97 Å². The molecule has 1 saturated carbocycles. The molecule has 1 aromatic carbocycles. The van der Waals surface area contributed by atoms with E-state index in [9.17, 15) is 9.90 Å². The third-order valence-electron chi connectivity index (χ3n) is 5.74. The molecule has 0 amide bonds. The molecule has 2 aliphatic rings. The van der Waals surface area contributed by atoms with Gasteiger partial charge in [-0.05, 0) is 49.4 Å². The number of hydrogen-bond acceptors (Lipinski definition) is 5. The van der Waals surface area contributed by atoms with Crippen LogP contribution in [0.2, 0.25) is 0 Å². The normalized spacial score (nSPS) is 25.8. The van der Waals surface area contributed by atoms with Crippen LogP contribution in [-0.4, -0.2) is 40.2 Å². The first kappa shape index (κ1) is 17.5. The van der Waals surface area contributed by atoms with Crippen molar-refractivity contribution in [1.29, 1.82) is 0 Å². The van der Waals surface area contributed by atoms with Gasteiger partial charge in [-0.15, -0.1) is 11.3 Å². The van der Waals surface area contributed by atoms with Gasteiger partial charge in [0.1, 0.15) is 16.8 Å². The van der Waals surface area contributed by atoms with E-state index in [1.807, 2.05) is 24.3 Å². The van der Waals surface area contributed by atoms with Gasteiger partial charge in [0, 0.05) is 23.5 Å². The Morgan fingerprint density at radius 3 is 2.81 bits per heavy atom. The zero-order valence-electron chi connectivity index (χ0n) is 14.9. The van der Waals surface area contributed by atoms with Gasteiger partial charge in [0.15, 0.2) is 0 Å². The quantitative estimate of drug-likeness (QED) is 0.858. The van der Waals surface area contributed by atoms with Gasteiger partial charge in [0.2, 0.25) is 0 Å². The number of carboxylic acids is 1. The summed E-state index contributed by atoms with van der Waals surface area (Å²) in [5, 5.41) is 12.7. The molecule has 0 spiro atoms. The van der Waals surface area contributed by atoms with Crippen molar-refractivity contribution < 1.29 is 14.6 Å². The smallest absolute Gasteiger partial charge is 0.320 e. The fraction of sp³-hybridized carbons (Fsp3) is 0.500. The van der Waals surface area contributed by atoms with Crippen molar-refractivity contribution in [2.75, 3.05) is 7.11 Å². The molecule has 2 aromatic rings. The van der Waals surface area contributed by atoms with Crippen LogP contribution in [0.15, 0.2) is 29.6 Å². The maximum Gasteiger partial charge on any atom is 0.320 e. The second kappa shape index (κ2) is 7.37. The highest BCUT2D eigenvalue weighted by Gasteiger charge is 2.45. The summed E-state index contributed by atoms with van der Waals surface area (Å²) < 4.78 is 5.20. The highest BCUT2D eigenvalue weighted by molar-refractivity contribution is 7.13. The molecule has 3 atom stereocenters. The molecule has 1 saturated heterocycles. The molecule has 6 heteroatoms. The molecule has 0 bridgehead atoms. The van der Waals surface area contributed by atoms with Crippen LogP contribution in [0.25, 0.3) is 10.6 Å². The van der Waals surface area contributed by atoms with Gasteiger partial charge in [-0.1, -0.05) is 12.8 Å². The monoisotopic (exact) mass is 372 g/mol. The minimum absolute atomic E-state index is 0.366. The zero-order chi connectivity index (χ0) is 18.1. The molecule has 1 aliphatic heterocycles. The van der Waals surface area contributed by atoms with E-state index in [2.05, 4.69) is 10.3 Å². The average Bonchev–Trinajstić information content (AvgIpc) is 3.27. The van der Waals surface area contributed by atoms with Crippen LogP contribution in [0, 0.1) is 5.92 Å². The van der Waals surface area contributed by atoms with Gasteiger partial charge in [-0.2, -0.15) is 0 Å². The molecular weight excluding hydrogens is 348 g/mol. The summed E-state index contributed by atoms with van der Waals surface area (Å²) in [7, 11) is 1.66. The third kappa shape index (κ3) is 3.35. The Morgan fingerprint density at radius 1 is 1.31 bits per heavy atom. The van der Waals surface area contributed by atoms with E-state index < -0.39 is 5.97 Å². The number of benzene rings is 1. The second-order valence-corrected chi connectivity index (χ2v) is 8.10. The lowest BCUT2D eigenvalue weighted by molar-refractivity contribution is -0.142. The number of likely N-dealkylation sites (tertiary alicyclic amines) is 1. The highest BCUT2D eigenvalue weighted by Crippen LogP contribution is 2.40. The number of aromatic nitrogens is 1. The lowest BCUT2D eigenvalue weighted by Crippen LogP contribution is -2.41.